The molecule has 1 heterocycles. The van der Waals surface area contributed by atoms with Gasteiger partial charge in [0.15, 0.2) is 0 Å². The van der Waals surface area contributed by atoms with Crippen LogP contribution in [-0.2, 0) is 6.54 Å². The highest BCUT2D eigenvalue weighted by atomic mass is 32.1. The average Bonchev–Trinajstić information content (AvgIpc) is 3.00. The number of carbonyl (C=O) groups is 2. The second-order valence-electron chi connectivity index (χ2n) is 4.31. The van der Waals surface area contributed by atoms with Gasteiger partial charge in [-0.1, -0.05) is 36.4 Å². The number of hydrogen-bond donors (Lipinski definition) is 2. The third kappa shape index (κ3) is 4.29. The van der Waals surface area contributed by atoms with E-state index in [1.54, 1.807) is 24.3 Å². The first-order chi connectivity index (χ1) is 10.2. The molecule has 0 bridgehead atoms. The topological polar surface area (TPSA) is 58.2 Å². The number of urea groups is 1. The highest BCUT2D eigenvalue weighted by molar-refractivity contribution is 7.14. The van der Waals surface area contributed by atoms with Crippen molar-refractivity contribution in [3.8, 4) is 0 Å². The highest BCUT2D eigenvalue weighted by Crippen LogP contribution is 2.19. The summed E-state index contributed by atoms with van der Waals surface area (Å²) in [5.41, 5.74) is 0.669. The van der Waals surface area contributed by atoms with Crippen molar-refractivity contribution in [1.82, 2.24) is 10.6 Å². The van der Waals surface area contributed by atoms with Crippen molar-refractivity contribution in [2.24, 2.45) is 0 Å². The van der Waals surface area contributed by atoms with Crippen LogP contribution in [-0.4, -0.2) is 18.4 Å². The number of benzene rings is 1. The number of carbonyl (C=O) groups excluding carboxylic acids is 2. The van der Waals surface area contributed by atoms with Crippen LogP contribution in [0.25, 0.3) is 0 Å². The lowest BCUT2D eigenvalue weighted by molar-refractivity contribution is 0.104. The summed E-state index contributed by atoms with van der Waals surface area (Å²) in [5.74, 6) is 0.00274. The molecule has 0 aliphatic rings. The summed E-state index contributed by atoms with van der Waals surface area (Å²) in [7, 11) is 0. The summed E-state index contributed by atoms with van der Waals surface area (Å²) in [6.07, 6.45) is 1.61. The minimum atomic E-state index is -0.251. The van der Waals surface area contributed by atoms with E-state index in [0.29, 0.717) is 23.5 Å². The molecule has 0 saturated carbocycles. The van der Waals surface area contributed by atoms with Gasteiger partial charge in [-0.15, -0.1) is 17.9 Å². The first kappa shape index (κ1) is 15.0. The Bertz CT molecular complexity index is 635. The quantitative estimate of drug-likeness (QED) is 0.636. The lowest BCUT2D eigenvalue weighted by Gasteiger charge is -2.03. The standard InChI is InChI=1S/C16H16N2O2S/c1-2-10-17-16(20)18-11-13-8-9-14(21-13)15(19)12-6-4-3-5-7-12/h2-9H,1,10-11H2,(H2,17,18,20). The molecule has 2 aromatic rings. The van der Waals surface area contributed by atoms with E-state index in [9.17, 15) is 9.59 Å². The molecule has 2 rings (SSSR count). The Kier molecular flexibility index (Phi) is 5.29. The lowest BCUT2D eigenvalue weighted by Crippen LogP contribution is -2.34. The molecule has 108 valence electrons. The lowest BCUT2D eigenvalue weighted by atomic mass is 10.1. The Hall–Kier alpha value is -2.40. The summed E-state index contributed by atoms with van der Waals surface area (Å²) in [4.78, 5) is 25.2. The zero-order valence-electron chi connectivity index (χ0n) is 11.5. The Labute approximate surface area is 127 Å². The molecule has 5 heteroatoms. The van der Waals surface area contributed by atoms with Crippen LogP contribution < -0.4 is 10.6 Å². The van der Waals surface area contributed by atoms with Crippen LogP contribution in [0.15, 0.2) is 55.1 Å². The fourth-order valence-electron chi connectivity index (χ4n) is 1.72. The van der Waals surface area contributed by atoms with E-state index >= 15 is 0 Å². The van der Waals surface area contributed by atoms with Gasteiger partial charge in [0, 0.05) is 17.0 Å². The Morgan fingerprint density at radius 3 is 2.57 bits per heavy atom. The van der Waals surface area contributed by atoms with Gasteiger partial charge in [-0.25, -0.2) is 4.79 Å². The number of hydrogen-bond acceptors (Lipinski definition) is 3. The predicted molar refractivity (Wildman–Crippen MR) is 84.6 cm³/mol. The molecule has 0 fully saturated rings. The molecule has 4 nitrogen and oxygen atoms in total. The monoisotopic (exact) mass is 300 g/mol. The number of nitrogens with one attached hydrogen (secondary N) is 2. The molecular weight excluding hydrogens is 284 g/mol. The minimum absolute atomic E-state index is 0.00274. The molecule has 0 unspecified atom stereocenters. The zero-order valence-corrected chi connectivity index (χ0v) is 12.3. The van der Waals surface area contributed by atoms with Crippen molar-refractivity contribution >= 4 is 23.2 Å². The number of thiophene rings is 1. The Balaban J connectivity index is 1.94. The second kappa shape index (κ2) is 7.40. The number of rotatable bonds is 6. The second-order valence-corrected chi connectivity index (χ2v) is 5.48. The van der Waals surface area contributed by atoms with E-state index in [2.05, 4.69) is 17.2 Å². The molecule has 1 aromatic carbocycles. The highest BCUT2D eigenvalue weighted by Gasteiger charge is 2.11. The normalized spacial score (nSPS) is 9.90. The third-order valence-electron chi connectivity index (χ3n) is 2.75. The first-order valence-electron chi connectivity index (χ1n) is 6.52. The first-order valence-corrected chi connectivity index (χ1v) is 7.33. The summed E-state index contributed by atoms with van der Waals surface area (Å²) in [5, 5.41) is 5.35. The minimum Gasteiger partial charge on any atom is -0.335 e. The van der Waals surface area contributed by atoms with Crippen molar-refractivity contribution in [1.29, 1.82) is 0 Å². The fourth-order valence-corrected chi connectivity index (χ4v) is 2.63. The van der Waals surface area contributed by atoms with Crippen LogP contribution in [0, 0.1) is 0 Å². The number of amides is 2. The molecule has 0 atom stereocenters. The summed E-state index contributed by atoms with van der Waals surface area (Å²) < 4.78 is 0. The molecular formula is C16H16N2O2S. The maximum Gasteiger partial charge on any atom is 0.315 e. The van der Waals surface area contributed by atoms with E-state index < -0.39 is 0 Å². The molecule has 0 spiro atoms. The van der Waals surface area contributed by atoms with Gasteiger partial charge in [0.05, 0.1) is 11.4 Å². The molecule has 0 aliphatic carbocycles. The molecule has 21 heavy (non-hydrogen) atoms. The third-order valence-corrected chi connectivity index (χ3v) is 3.84. The van der Waals surface area contributed by atoms with Crippen molar-refractivity contribution < 1.29 is 9.59 Å². The van der Waals surface area contributed by atoms with E-state index in [0.717, 1.165) is 4.88 Å². The average molecular weight is 300 g/mol. The van der Waals surface area contributed by atoms with Crippen molar-refractivity contribution in [3.05, 3.63) is 70.4 Å². The summed E-state index contributed by atoms with van der Waals surface area (Å²) in [6.45, 7) is 4.35. The smallest absolute Gasteiger partial charge is 0.315 e. The maximum atomic E-state index is 12.2. The van der Waals surface area contributed by atoms with E-state index in [1.807, 2.05) is 24.3 Å². The van der Waals surface area contributed by atoms with Gasteiger partial charge < -0.3 is 10.6 Å². The van der Waals surface area contributed by atoms with E-state index in [4.69, 9.17) is 0 Å². The maximum absolute atomic E-state index is 12.2. The summed E-state index contributed by atoms with van der Waals surface area (Å²) in [6, 6.07) is 12.5. The van der Waals surface area contributed by atoms with Crippen LogP contribution in [0.3, 0.4) is 0 Å². The van der Waals surface area contributed by atoms with Crippen LogP contribution >= 0.6 is 11.3 Å². The van der Waals surface area contributed by atoms with Crippen LogP contribution in [0.5, 0.6) is 0 Å². The van der Waals surface area contributed by atoms with Gasteiger partial charge in [-0.2, -0.15) is 0 Å². The largest absolute Gasteiger partial charge is 0.335 e. The molecule has 2 amide bonds. The Morgan fingerprint density at radius 1 is 1.10 bits per heavy atom. The molecule has 2 N–H and O–H groups in total. The number of ketones is 1. The summed E-state index contributed by atoms with van der Waals surface area (Å²) >= 11 is 1.39. The Morgan fingerprint density at radius 2 is 1.86 bits per heavy atom. The van der Waals surface area contributed by atoms with Gasteiger partial charge in [-0.05, 0) is 12.1 Å². The molecule has 0 saturated heterocycles. The van der Waals surface area contributed by atoms with E-state index in [1.165, 1.54) is 11.3 Å². The predicted octanol–water partition coefficient (Wildman–Crippen LogP) is 2.96. The fraction of sp³-hybridized carbons (Fsp3) is 0.125. The van der Waals surface area contributed by atoms with Gasteiger partial charge in [0.2, 0.25) is 5.78 Å². The van der Waals surface area contributed by atoms with Gasteiger partial charge in [0.1, 0.15) is 0 Å². The van der Waals surface area contributed by atoms with Gasteiger partial charge in [-0.3, -0.25) is 4.79 Å². The molecule has 0 aliphatic heterocycles. The van der Waals surface area contributed by atoms with Gasteiger partial charge in [0.25, 0.3) is 0 Å². The molecule has 1 aromatic heterocycles. The molecule has 0 radical (unpaired) electrons. The van der Waals surface area contributed by atoms with Crippen LogP contribution in [0.4, 0.5) is 4.79 Å². The van der Waals surface area contributed by atoms with Gasteiger partial charge >= 0.3 is 6.03 Å². The van der Waals surface area contributed by atoms with Crippen LogP contribution in [0.2, 0.25) is 0 Å². The van der Waals surface area contributed by atoms with E-state index in [-0.39, 0.29) is 11.8 Å². The zero-order chi connectivity index (χ0) is 15.1. The van der Waals surface area contributed by atoms with Crippen molar-refractivity contribution in [3.63, 3.8) is 0 Å². The SMILES string of the molecule is C=CCNC(=O)NCc1ccc(C(=O)c2ccccc2)s1. The van der Waals surface area contributed by atoms with Crippen molar-refractivity contribution in [2.75, 3.05) is 6.54 Å². The van der Waals surface area contributed by atoms with Crippen molar-refractivity contribution in [2.45, 2.75) is 6.54 Å². The van der Waals surface area contributed by atoms with Crippen LogP contribution in [0.1, 0.15) is 20.1 Å².